The Kier molecular flexibility index (Phi) is 6.74. The van der Waals surface area contributed by atoms with E-state index < -0.39 is 18.1 Å². The molecule has 1 aromatic heterocycles. The SMILES string of the molecule is CN[C@@H](C)C(=O)O.C[C@@H](N)Cc1cn(C(=O)O)c2ccccc12. The van der Waals surface area contributed by atoms with E-state index in [1.54, 1.807) is 26.2 Å². The van der Waals surface area contributed by atoms with Gasteiger partial charge in [-0.3, -0.25) is 9.36 Å². The Morgan fingerprint density at radius 2 is 1.87 bits per heavy atom. The van der Waals surface area contributed by atoms with Crippen molar-refractivity contribution in [2.24, 2.45) is 5.73 Å². The number of fused-ring (bicyclic) bond motifs is 1. The first kappa shape index (κ1) is 18.7. The van der Waals surface area contributed by atoms with Crippen molar-refractivity contribution in [1.29, 1.82) is 0 Å². The average molecular weight is 321 g/mol. The molecule has 1 aromatic carbocycles. The van der Waals surface area contributed by atoms with Crippen molar-refractivity contribution in [1.82, 2.24) is 9.88 Å². The minimum atomic E-state index is -0.966. The van der Waals surface area contributed by atoms with Gasteiger partial charge < -0.3 is 21.3 Å². The maximum Gasteiger partial charge on any atom is 0.416 e. The zero-order valence-electron chi connectivity index (χ0n) is 13.5. The molecule has 0 aliphatic rings. The van der Waals surface area contributed by atoms with Crippen LogP contribution in [-0.2, 0) is 11.2 Å². The number of aromatic nitrogens is 1. The maximum absolute atomic E-state index is 11.0. The third kappa shape index (κ3) is 5.08. The summed E-state index contributed by atoms with van der Waals surface area (Å²) in [4.78, 5) is 20.9. The summed E-state index contributed by atoms with van der Waals surface area (Å²) in [7, 11) is 1.61. The van der Waals surface area contributed by atoms with Crippen LogP contribution in [0.3, 0.4) is 0 Å². The van der Waals surface area contributed by atoms with E-state index in [9.17, 15) is 9.59 Å². The Hall–Kier alpha value is -2.38. The number of carbonyl (C=O) groups is 2. The molecule has 2 aromatic rings. The molecule has 23 heavy (non-hydrogen) atoms. The fourth-order valence-electron chi connectivity index (χ4n) is 2.04. The number of benzene rings is 1. The lowest BCUT2D eigenvalue weighted by molar-refractivity contribution is -0.138. The standard InChI is InChI=1S/C12H14N2O2.C4H9NO2/c1-8(13)6-9-7-14(12(15)16)11-5-3-2-4-10(9)11;1-3(5-2)4(6)7/h2-5,7-8H,6,13H2,1H3,(H,15,16);3,5H,1-2H3,(H,6,7)/t8-;3-/m10/s1. The normalized spacial score (nSPS) is 13.0. The van der Waals surface area contributed by atoms with Gasteiger partial charge in [-0.2, -0.15) is 0 Å². The van der Waals surface area contributed by atoms with Gasteiger partial charge in [0.2, 0.25) is 0 Å². The molecule has 0 aliphatic heterocycles. The zero-order valence-corrected chi connectivity index (χ0v) is 13.5. The van der Waals surface area contributed by atoms with E-state index in [4.69, 9.17) is 15.9 Å². The van der Waals surface area contributed by atoms with Crippen molar-refractivity contribution in [2.45, 2.75) is 32.4 Å². The molecule has 0 fully saturated rings. The van der Waals surface area contributed by atoms with Gasteiger partial charge in [-0.1, -0.05) is 18.2 Å². The van der Waals surface area contributed by atoms with Crippen LogP contribution in [0, 0.1) is 0 Å². The first-order valence-corrected chi connectivity index (χ1v) is 7.25. The van der Waals surface area contributed by atoms with Crippen molar-refractivity contribution < 1.29 is 19.8 Å². The van der Waals surface area contributed by atoms with E-state index in [-0.39, 0.29) is 6.04 Å². The second kappa shape index (κ2) is 8.30. The average Bonchev–Trinajstić information content (AvgIpc) is 2.85. The highest BCUT2D eigenvalue weighted by molar-refractivity contribution is 5.91. The first-order chi connectivity index (χ1) is 10.8. The third-order valence-electron chi connectivity index (χ3n) is 3.35. The number of nitrogens with one attached hydrogen (secondary N) is 1. The summed E-state index contributed by atoms with van der Waals surface area (Å²) in [5.41, 5.74) is 7.44. The van der Waals surface area contributed by atoms with Crippen LogP contribution < -0.4 is 11.1 Å². The smallest absolute Gasteiger partial charge is 0.416 e. The topological polar surface area (TPSA) is 118 Å². The van der Waals surface area contributed by atoms with Gasteiger partial charge in [0.1, 0.15) is 6.04 Å². The molecular weight excluding hydrogens is 298 g/mol. The highest BCUT2D eigenvalue weighted by Gasteiger charge is 2.12. The lowest BCUT2D eigenvalue weighted by Crippen LogP contribution is -2.29. The van der Waals surface area contributed by atoms with Gasteiger partial charge in [0.25, 0.3) is 0 Å². The zero-order chi connectivity index (χ0) is 17.6. The van der Waals surface area contributed by atoms with Gasteiger partial charge in [0.05, 0.1) is 5.52 Å². The van der Waals surface area contributed by atoms with Crippen LogP contribution in [0.1, 0.15) is 19.4 Å². The number of hydrogen-bond acceptors (Lipinski definition) is 4. The number of para-hydroxylation sites is 1. The number of nitrogens with zero attached hydrogens (tertiary/aromatic N) is 1. The Morgan fingerprint density at radius 3 is 2.30 bits per heavy atom. The van der Waals surface area contributed by atoms with Crippen molar-refractivity contribution in [2.75, 3.05) is 7.05 Å². The number of aliphatic carboxylic acids is 1. The highest BCUT2D eigenvalue weighted by Crippen LogP contribution is 2.22. The van der Waals surface area contributed by atoms with Crippen LogP contribution in [0.15, 0.2) is 30.5 Å². The number of nitrogens with two attached hydrogens (primary N) is 1. The van der Waals surface area contributed by atoms with E-state index in [1.807, 2.05) is 25.1 Å². The molecule has 0 bridgehead atoms. The second-order valence-electron chi connectivity index (χ2n) is 5.35. The van der Waals surface area contributed by atoms with Crippen molar-refractivity contribution in [3.8, 4) is 0 Å². The molecule has 0 unspecified atom stereocenters. The van der Waals surface area contributed by atoms with Crippen molar-refractivity contribution >= 4 is 23.0 Å². The van der Waals surface area contributed by atoms with E-state index >= 15 is 0 Å². The molecule has 7 heteroatoms. The molecule has 7 nitrogen and oxygen atoms in total. The van der Waals surface area contributed by atoms with Crippen LogP contribution in [0.25, 0.3) is 10.9 Å². The van der Waals surface area contributed by atoms with Crippen LogP contribution in [0.5, 0.6) is 0 Å². The van der Waals surface area contributed by atoms with Gasteiger partial charge in [-0.05, 0) is 38.9 Å². The summed E-state index contributed by atoms with van der Waals surface area (Å²) in [6.07, 6.45) is 1.36. The number of carboxylic acids is 1. The Bertz CT molecular complexity index is 679. The molecule has 5 N–H and O–H groups in total. The molecule has 0 saturated heterocycles. The van der Waals surface area contributed by atoms with Crippen LogP contribution in [-0.4, -0.2) is 46.0 Å². The molecule has 0 spiro atoms. The molecule has 0 aliphatic carbocycles. The minimum Gasteiger partial charge on any atom is -0.480 e. The van der Waals surface area contributed by atoms with E-state index in [2.05, 4.69) is 5.32 Å². The molecule has 1 heterocycles. The summed E-state index contributed by atoms with van der Waals surface area (Å²) < 4.78 is 1.24. The summed E-state index contributed by atoms with van der Waals surface area (Å²) in [5, 5.41) is 20.7. The molecule has 0 amide bonds. The van der Waals surface area contributed by atoms with E-state index in [1.165, 1.54) is 4.57 Å². The van der Waals surface area contributed by atoms with Crippen molar-refractivity contribution in [3.63, 3.8) is 0 Å². The lowest BCUT2D eigenvalue weighted by Gasteiger charge is -2.02. The van der Waals surface area contributed by atoms with Crippen LogP contribution in [0.4, 0.5) is 4.79 Å². The van der Waals surface area contributed by atoms with Gasteiger partial charge in [0.15, 0.2) is 0 Å². The number of likely N-dealkylation sites (N-methyl/N-ethyl adjacent to an activating group) is 1. The minimum absolute atomic E-state index is 0.0213. The fourth-order valence-corrected chi connectivity index (χ4v) is 2.04. The highest BCUT2D eigenvalue weighted by atomic mass is 16.4. The summed E-state index contributed by atoms with van der Waals surface area (Å²) in [5.74, 6) is -0.817. The number of rotatable bonds is 4. The molecule has 2 atom stereocenters. The summed E-state index contributed by atoms with van der Waals surface area (Å²) in [6, 6.07) is 7.05. The molecule has 2 rings (SSSR count). The quantitative estimate of drug-likeness (QED) is 0.681. The van der Waals surface area contributed by atoms with E-state index in [0.29, 0.717) is 11.9 Å². The Balaban J connectivity index is 0.000000322. The van der Waals surface area contributed by atoms with E-state index in [0.717, 1.165) is 10.9 Å². The Morgan fingerprint density at radius 1 is 1.26 bits per heavy atom. The predicted octanol–water partition coefficient (Wildman–Crippen LogP) is 1.74. The predicted molar refractivity (Wildman–Crippen MR) is 88.9 cm³/mol. The van der Waals surface area contributed by atoms with Gasteiger partial charge >= 0.3 is 12.1 Å². The largest absolute Gasteiger partial charge is 0.480 e. The van der Waals surface area contributed by atoms with Crippen LogP contribution >= 0.6 is 0 Å². The first-order valence-electron chi connectivity index (χ1n) is 7.25. The van der Waals surface area contributed by atoms with Gasteiger partial charge in [-0.25, -0.2) is 4.79 Å². The monoisotopic (exact) mass is 321 g/mol. The third-order valence-corrected chi connectivity index (χ3v) is 3.35. The number of carboxylic acid groups (broad SMARTS) is 2. The fraction of sp³-hybridized carbons (Fsp3) is 0.375. The second-order valence-corrected chi connectivity index (χ2v) is 5.35. The van der Waals surface area contributed by atoms with Gasteiger partial charge in [-0.15, -0.1) is 0 Å². The van der Waals surface area contributed by atoms with Crippen molar-refractivity contribution in [3.05, 3.63) is 36.0 Å². The molecular formula is C16H23N3O4. The Labute approximate surface area is 134 Å². The number of hydrogen-bond donors (Lipinski definition) is 4. The molecule has 0 saturated carbocycles. The summed E-state index contributed by atoms with van der Waals surface area (Å²) >= 11 is 0. The lowest BCUT2D eigenvalue weighted by atomic mass is 10.1. The van der Waals surface area contributed by atoms with Gasteiger partial charge in [0, 0.05) is 17.6 Å². The van der Waals surface area contributed by atoms with Crippen LogP contribution in [0.2, 0.25) is 0 Å². The molecule has 126 valence electrons. The maximum atomic E-state index is 11.0. The molecule has 0 radical (unpaired) electrons. The summed E-state index contributed by atoms with van der Waals surface area (Å²) in [6.45, 7) is 3.50.